The summed E-state index contributed by atoms with van der Waals surface area (Å²) in [4.78, 5) is 9.92. The third-order valence-electron chi connectivity index (χ3n) is 8.76. The number of piperidine rings is 1. The Kier molecular flexibility index (Phi) is 7.12. The number of aryl methyl sites for hydroxylation is 1. The maximum atomic E-state index is 13.8. The fourth-order valence-electron chi connectivity index (χ4n) is 6.16. The van der Waals surface area contributed by atoms with E-state index in [0.29, 0.717) is 37.1 Å². The Morgan fingerprint density at radius 3 is 2.46 bits per heavy atom. The van der Waals surface area contributed by atoms with Crippen LogP contribution in [0, 0.1) is 18.3 Å². The molecule has 2 aromatic rings. The first-order valence-corrected chi connectivity index (χ1v) is 15.0. The molecule has 1 atom stereocenters. The molecule has 214 valence electrons. The molecule has 2 saturated heterocycles. The average molecular weight is 568 g/mol. The highest BCUT2D eigenvalue weighted by atomic mass is 32.2. The first-order valence-electron chi connectivity index (χ1n) is 13.4. The maximum absolute atomic E-state index is 13.8. The highest BCUT2D eigenvalue weighted by molar-refractivity contribution is 7.92. The highest BCUT2D eigenvalue weighted by Gasteiger charge is 2.50. The van der Waals surface area contributed by atoms with Crippen molar-refractivity contribution in [3.63, 3.8) is 0 Å². The Bertz CT molecular complexity index is 1330. The monoisotopic (exact) mass is 567 g/mol. The van der Waals surface area contributed by atoms with Gasteiger partial charge in [-0.3, -0.25) is 0 Å². The van der Waals surface area contributed by atoms with Gasteiger partial charge in [0.2, 0.25) is 5.95 Å². The zero-order valence-corrected chi connectivity index (χ0v) is 23.3. The van der Waals surface area contributed by atoms with Crippen molar-refractivity contribution in [2.75, 3.05) is 36.4 Å². The van der Waals surface area contributed by atoms with Gasteiger partial charge in [0.25, 0.3) is 0 Å². The summed E-state index contributed by atoms with van der Waals surface area (Å²) in [5, 5.41) is 16.3. The molecular weight excluding hydrogens is 531 g/mol. The van der Waals surface area contributed by atoms with Gasteiger partial charge in [-0.1, -0.05) is 0 Å². The van der Waals surface area contributed by atoms with Gasteiger partial charge in [0.1, 0.15) is 11.4 Å². The summed E-state index contributed by atoms with van der Waals surface area (Å²) in [6.45, 7) is 7.49. The number of rotatable bonds is 6. The molecule has 1 spiro atoms. The lowest BCUT2D eigenvalue weighted by Crippen LogP contribution is -2.50. The van der Waals surface area contributed by atoms with Crippen molar-refractivity contribution in [2.24, 2.45) is 11.3 Å². The van der Waals surface area contributed by atoms with E-state index >= 15 is 0 Å². The first-order chi connectivity index (χ1) is 18.2. The molecule has 39 heavy (non-hydrogen) atoms. The van der Waals surface area contributed by atoms with Crippen LogP contribution < -0.4 is 15.5 Å². The van der Waals surface area contributed by atoms with Crippen LogP contribution in [-0.4, -0.2) is 60.5 Å². The second-order valence-corrected chi connectivity index (χ2v) is 14.2. The van der Waals surface area contributed by atoms with E-state index in [-0.39, 0.29) is 39.8 Å². The van der Waals surface area contributed by atoms with Gasteiger partial charge in [-0.2, -0.15) is 18.2 Å². The molecule has 5 rings (SSSR count). The van der Waals surface area contributed by atoms with Gasteiger partial charge < -0.3 is 20.6 Å². The van der Waals surface area contributed by atoms with Crippen LogP contribution in [0.1, 0.15) is 57.1 Å². The van der Waals surface area contributed by atoms with E-state index in [9.17, 15) is 26.7 Å². The summed E-state index contributed by atoms with van der Waals surface area (Å²) in [6, 6.07) is 4.75. The first kappa shape index (κ1) is 28.1. The SMILES string of the molecule is Cc1cc(S(=O)(=O)C2CC3(CCNCC3)C2)ccc1Nc1ncc(C(F)(F)F)c(N2CCC(C(C)(C)O)C2)n1. The molecule has 12 heteroatoms. The van der Waals surface area contributed by atoms with Gasteiger partial charge in [-0.05, 0) is 95.1 Å². The molecule has 0 amide bonds. The average Bonchev–Trinajstić information content (AvgIpc) is 3.34. The van der Waals surface area contributed by atoms with Gasteiger partial charge in [0.05, 0.1) is 15.7 Å². The molecule has 2 aliphatic heterocycles. The molecule has 0 radical (unpaired) electrons. The van der Waals surface area contributed by atoms with Gasteiger partial charge in [0.15, 0.2) is 9.84 Å². The molecule has 1 unspecified atom stereocenters. The molecule has 1 aromatic heterocycles. The molecule has 0 bridgehead atoms. The second-order valence-electron chi connectivity index (χ2n) is 11.9. The number of aromatic nitrogens is 2. The lowest BCUT2D eigenvalue weighted by atomic mass is 9.63. The molecule has 3 N–H and O–H groups in total. The number of nitrogens with one attached hydrogen (secondary N) is 2. The highest BCUT2D eigenvalue weighted by Crippen LogP contribution is 2.51. The minimum Gasteiger partial charge on any atom is -0.390 e. The van der Waals surface area contributed by atoms with E-state index in [0.717, 1.165) is 32.1 Å². The quantitative estimate of drug-likeness (QED) is 0.470. The third kappa shape index (κ3) is 5.60. The van der Waals surface area contributed by atoms with Crippen LogP contribution in [0.2, 0.25) is 0 Å². The Balaban J connectivity index is 1.35. The minimum atomic E-state index is -4.64. The fraction of sp³-hybridized carbons (Fsp3) is 0.630. The molecule has 3 aliphatic rings. The van der Waals surface area contributed by atoms with Crippen molar-refractivity contribution in [2.45, 2.75) is 74.8 Å². The topological polar surface area (TPSA) is 107 Å². The summed E-state index contributed by atoms with van der Waals surface area (Å²) in [5.41, 5.74) is -0.679. The number of hydrogen-bond acceptors (Lipinski definition) is 8. The number of sulfone groups is 1. The van der Waals surface area contributed by atoms with Crippen LogP contribution in [-0.2, 0) is 16.0 Å². The standard InChI is InChI=1S/C27H36F3N5O3S/c1-17-12-19(39(37,38)20-13-26(14-20)7-9-31-10-8-26)4-5-22(17)33-24-32-15-21(27(28,29)30)23(34-24)35-11-6-18(16-35)25(2,3)36/h4-5,12,15,18,20,31,36H,6-11,13-14,16H2,1-3H3,(H,32,33,34). The van der Waals surface area contributed by atoms with Crippen LogP contribution in [0.5, 0.6) is 0 Å². The zero-order chi connectivity index (χ0) is 28.2. The Labute approximate surface area is 227 Å². The smallest absolute Gasteiger partial charge is 0.390 e. The molecule has 8 nitrogen and oxygen atoms in total. The molecular formula is C27H36F3N5O3S. The van der Waals surface area contributed by atoms with Crippen LogP contribution in [0.3, 0.4) is 0 Å². The summed E-state index contributed by atoms with van der Waals surface area (Å²) in [6.07, 6.45) is 0.0513. The predicted molar refractivity (Wildman–Crippen MR) is 143 cm³/mol. The van der Waals surface area contributed by atoms with E-state index < -0.39 is 27.2 Å². The Morgan fingerprint density at radius 2 is 1.87 bits per heavy atom. The lowest BCUT2D eigenvalue weighted by Gasteiger charge is -2.49. The van der Waals surface area contributed by atoms with E-state index in [2.05, 4.69) is 20.6 Å². The van der Waals surface area contributed by atoms with Crippen molar-refractivity contribution in [3.05, 3.63) is 35.5 Å². The van der Waals surface area contributed by atoms with Crippen molar-refractivity contribution >= 4 is 27.3 Å². The largest absolute Gasteiger partial charge is 0.421 e. The molecule has 1 aromatic carbocycles. The molecule has 3 fully saturated rings. The Morgan fingerprint density at radius 1 is 1.18 bits per heavy atom. The number of benzene rings is 1. The second kappa shape index (κ2) is 9.88. The number of anilines is 3. The normalized spacial score (nSPS) is 22.2. The van der Waals surface area contributed by atoms with Crippen molar-refractivity contribution in [1.82, 2.24) is 15.3 Å². The van der Waals surface area contributed by atoms with Gasteiger partial charge in [0, 0.05) is 30.9 Å². The van der Waals surface area contributed by atoms with Gasteiger partial charge >= 0.3 is 6.18 Å². The molecule has 1 saturated carbocycles. The van der Waals surface area contributed by atoms with E-state index in [1.54, 1.807) is 32.9 Å². The summed E-state index contributed by atoms with van der Waals surface area (Å²) < 4.78 is 68.0. The molecule has 3 heterocycles. The van der Waals surface area contributed by atoms with Crippen molar-refractivity contribution in [3.8, 4) is 0 Å². The number of aliphatic hydroxyl groups is 1. The van der Waals surface area contributed by atoms with E-state index in [4.69, 9.17) is 0 Å². The third-order valence-corrected chi connectivity index (χ3v) is 10.9. The van der Waals surface area contributed by atoms with Crippen molar-refractivity contribution < 1.29 is 26.7 Å². The van der Waals surface area contributed by atoms with Crippen LogP contribution in [0.25, 0.3) is 0 Å². The molecule has 1 aliphatic carbocycles. The minimum absolute atomic E-state index is 0.0183. The van der Waals surface area contributed by atoms with Crippen molar-refractivity contribution in [1.29, 1.82) is 0 Å². The van der Waals surface area contributed by atoms with Crippen LogP contribution in [0.4, 0.5) is 30.6 Å². The van der Waals surface area contributed by atoms with Gasteiger partial charge in [-0.15, -0.1) is 0 Å². The van der Waals surface area contributed by atoms with E-state index in [1.165, 1.54) is 11.0 Å². The van der Waals surface area contributed by atoms with Crippen LogP contribution >= 0.6 is 0 Å². The predicted octanol–water partition coefficient (Wildman–Crippen LogP) is 4.45. The maximum Gasteiger partial charge on any atom is 0.421 e. The number of alkyl halides is 3. The summed E-state index contributed by atoms with van der Waals surface area (Å²) >= 11 is 0. The lowest BCUT2D eigenvalue weighted by molar-refractivity contribution is -0.137. The fourth-order valence-corrected chi connectivity index (χ4v) is 8.29. The van der Waals surface area contributed by atoms with Crippen LogP contribution in [0.15, 0.2) is 29.3 Å². The Hall–Kier alpha value is -2.44. The summed E-state index contributed by atoms with van der Waals surface area (Å²) in [5.74, 6) is -0.447. The number of nitrogens with zero attached hydrogens (tertiary/aromatic N) is 3. The summed E-state index contributed by atoms with van der Waals surface area (Å²) in [7, 11) is -3.48. The zero-order valence-electron chi connectivity index (χ0n) is 22.5. The number of halogens is 3. The van der Waals surface area contributed by atoms with E-state index in [1.807, 2.05) is 0 Å². The number of hydrogen-bond donors (Lipinski definition) is 3. The van der Waals surface area contributed by atoms with Gasteiger partial charge in [-0.25, -0.2) is 13.4 Å².